The molecule has 0 aromatic heterocycles. The van der Waals surface area contributed by atoms with Gasteiger partial charge in [0.25, 0.3) is 0 Å². The molecule has 0 aliphatic heterocycles. The third kappa shape index (κ3) is 2.59. The molecule has 0 heterocycles. The number of hydrogen-bond donors (Lipinski definition) is 2. The highest BCUT2D eigenvalue weighted by Gasteiger charge is 2.52. The zero-order valence-corrected chi connectivity index (χ0v) is 11.6. The summed E-state index contributed by atoms with van der Waals surface area (Å²) in [5, 5.41) is 12.3. The Morgan fingerprint density at radius 1 is 1.26 bits per heavy atom. The van der Waals surface area contributed by atoms with Gasteiger partial charge in [-0.25, -0.2) is 4.79 Å². The van der Waals surface area contributed by atoms with Gasteiger partial charge in [0.05, 0.1) is 5.41 Å². The Hall–Kier alpha value is -1.55. The molecule has 2 N–H and O–H groups in total. The van der Waals surface area contributed by atoms with Gasteiger partial charge in [0.1, 0.15) is 5.54 Å². The monoisotopic (exact) mass is 281 g/mol. The van der Waals surface area contributed by atoms with E-state index in [2.05, 4.69) is 5.32 Å². The Bertz CT molecular complexity index is 518. The van der Waals surface area contributed by atoms with Gasteiger partial charge in [0, 0.05) is 5.02 Å². The Labute approximate surface area is 116 Å². The molecule has 1 amide bonds. The molecule has 0 saturated heterocycles. The highest BCUT2D eigenvalue weighted by Crippen LogP contribution is 2.48. The summed E-state index contributed by atoms with van der Waals surface area (Å²) in [5.74, 6) is -1.28. The van der Waals surface area contributed by atoms with Crippen molar-refractivity contribution < 1.29 is 14.7 Å². The van der Waals surface area contributed by atoms with Crippen LogP contribution in [-0.2, 0) is 15.0 Å². The van der Waals surface area contributed by atoms with E-state index >= 15 is 0 Å². The summed E-state index contributed by atoms with van der Waals surface area (Å²) in [5.41, 5.74) is -0.966. The lowest BCUT2D eigenvalue weighted by atomic mass is 9.93. The van der Waals surface area contributed by atoms with Crippen molar-refractivity contribution in [2.45, 2.75) is 37.6 Å². The van der Waals surface area contributed by atoms with Crippen molar-refractivity contribution in [1.82, 2.24) is 5.32 Å². The molecule has 1 fully saturated rings. The lowest BCUT2D eigenvalue weighted by Crippen LogP contribution is -2.52. The van der Waals surface area contributed by atoms with Crippen molar-refractivity contribution in [3.05, 3.63) is 34.9 Å². The molecule has 5 heteroatoms. The maximum atomic E-state index is 12.3. The highest BCUT2D eigenvalue weighted by atomic mass is 35.5. The van der Waals surface area contributed by atoms with E-state index in [-0.39, 0.29) is 5.91 Å². The van der Waals surface area contributed by atoms with Crippen LogP contribution >= 0.6 is 11.6 Å². The van der Waals surface area contributed by atoms with E-state index in [9.17, 15) is 9.59 Å². The molecular formula is C14H16ClNO3. The molecule has 2 rings (SSSR count). The highest BCUT2D eigenvalue weighted by molar-refractivity contribution is 6.30. The van der Waals surface area contributed by atoms with Gasteiger partial charge < -0.3 is 10.4 Å². The summed E-state index contributed by atoms with van der Waals surface area (Å²) in [4.78, 5) is 23.4. The Morgan fingerprint density at radius 3 is 2.21 bits per heavy atom. The molecule has 19 heavy (non-hydrogen) atoms. The average Bonchev–Trinajstić information content (AvgIpc) is 3.10. The van der Waals surface area contributed by atoms with Crippen LogP contribution in [0.3, 0.4) is 0 Å². The van der Waals surface area contributed by atoms with Crippen LogP contribution in [0, 0.1) is 0 Å². The second kappa shape index (κ2) is 4.53. The molecular weight excluding hydrogens is 266 g/mol. The minimum atomic E-state index is -1.26. The van der Waals surface area contributed by atoms with E-state index in [1.54, 1.807) is 12.1 Å². The van der Waals surface area contributed by atoms with Crippen molar-refractivity contribution in [1.29, 1.82) is 0 Å². The summed E-state index contributed by atoms with van der Waals surface area (Å²) < 4.78 is 0. The first-order chi connectivity index (χ1) is 8.78. The predicted molar refractivity (Wildman–Crippen MR) is 72.2 cm³/mol. The summed E-state index contributed by atoms with van der Waals surface area (Å²) in [6, 6.07) is 7.13. The summed E-state index contributed by atoms with van der Waals surface area (Å²) in [7, 11) is 0. The van der Waals surface area contributed by atoms with Crippen molar-refractivity contribution in [3.63, 3.8) is 0 Å². The number of benzene rings is 1. The van der Waals surface area contributed by atoms with Gasteiger partial charge in [-0.2, -0.15) is 0 Å². The number of nitrogens with one attached hydrogen (secondary N) is 1. The smallest absolute Gasteiger partial charge is 0.328 e. The van der Waals surface area contributed by atoms with Crippen LogP contribution in [0.5, 0.6) is 0 Å². The first-order valence-electron chi connectivity index (χ1n) is 6.10. The van der Waals surface area contributed by atoms with E-state index in [1.807, 2.05) is 12.1 Å². The molecule has 0 radical (unpaired) electrons. The number of carboxylic acid groups (broad SMARTS) is 1. The van der Waals surface area contributed by atoms with E-state index in [0.717, 1.165) is 18.4 Å². The predicted octanol–water partition coefficient (Wildman–Crippen LogP) is 2.35. The van der Waals surface area contributed by atoms with Gasteiger partial charge in [-0.3, -0.25) is 4.79 Å². The standard InChI is InChI=1S/C14H16ClNO3/c1-13(2,12(18)19)16-11(17)14(7-8-14)9-3-5-10(15)6-4-9/h3-6H,7-8H2,1-2H3,(H,16,17)(H,18,19). The molecule has 102 valence electrons. The Kier molecular flexibility index (Phi) is 3.31. The second-order valence-electron chi connectivity index (χ2n) is 5.47. The van der Waals surface area contributed by atoms with Crippen molar-refractivity contribution in [2.75, 3.05) is 0 Å². The largest absolute Gasteiger partial charge is 0.480 e. The number of carbonyl (C=O) groups excluding carboxylic acids is 1. The van der Waals surface area contributed by atoms with E-state index < -0.39 is 16.9 Å². The molecule has 0 spiro atoms. The van der Waals surface area contributed by atoms with Crippen LogP contribution in [0.1, 0.15) is 32.3 Å². The molecule has 1 aliphatic rings. The first kappa shape index (κ1) is 13.9. The van der Waals surface area contributed by atoms with Gasteiger partial charge in [-0.05, 0) is 44.4 Å². The second-order valence-corrected chi connectivity index (χ2v) is 5.91. The minimum Gasteiger partial charge on any atom is -0.480 e. The van der Waals surface area contributed by atoms with Gasteiger partial charge in [0.2, 0.25) is 5.91 Å². The zero-order valence-electron chi connectivity index (χ0n) is 10.9. The number of halogens is 1. The number of hydrogen-bond acceptors (Lipinski definition) is 2. The summed E-state index contributed by atoms with van der Waals surface area (Å²) >= 11 is 5.83. The number of amides is 1. The number of carbonyl (C=O) groups is 2. The molecule has 1 aromatic carbocycles. The summed E-state index contributed by atoms with van der Waals surface area (Å²) in [6.45, 7) is 2.95. The normalized spacial score (nSPS) is 16.8. The SMILES string of the molecule is CC(C)(NC(=O)C1(c2ccc(Cl)cc2)CC1)C(=O)O. The Morgan fingerprint density at radius 2 is 1.79 bits per heavy atom. The molecule has 0 unspecified atom stereocenters. The van der Waals surface area contributed by atoms with Crippen LogP contribution in [0.25, 0.3) is 0 Å². The van der Waals surface area contributed by atoms with Gasteiger partial charge in [0.15, 0.2) is 0 Å². The van der Waals surface area contributed by atoms with Crippen LogP contribution in [-0.4, -0.2) is 22.5 Å². The third-order valence-corrected chi connectivity index (χ3v) is 3.79. The van der Waals surface area contributed by atoms with E-state index in [1.165, 1.54) is 13.8 Å². The summed E-state index contributed by atoms with van der Waals surface area (Å²) in [6.07, 6.45) is 1.46. The quantitative estimate of drug-likeness (QED) is 0.890. The number of rotatable bonds is 4. The fourth-order valence-electron chi connectivity index (χ4n) is 2.00. The minimum absolute atomic E-state index is 0.234. The molecule has 0 atom stereocenters. The van der Waals surface area contributed by atoms with E-state index in [0.29, 0.717) is 5.02 Å². The Balaban J connectivity index is 2.19. The van der Waals surface area contributed by atoms with E-state index in [4.69, 9.17) is 16.7 Å². The first-order valence-corrected chi connectivity index (χ1v) is 6.48. The number of aliphatic carboxylic acids is 1. The van der Waals surface area contributed by atoms with Crippen LogP contribution in [0.15, 0.2) is 24.3 Å². The molecule has 0 bridgehead atoms. The lowest BCUT2D eigenvalue weighted by Gasteiger charge is -2.25. The molecule has 1 aliphatic carbocycles. The molecule has 4 nitrogen and oxygen atoms in total. The van der Waals surface area contributed by atoms with Gasteiger partial charge >= 0.3 is 5.97 Å². The maximum absolute atomic E-state index is 12.3. The lowest BCUT2D eigenvalue weighted by molar-refractivity contribution is -0.146. The molecule has 1 saturated carbocycles. The van der Waals surface area contributed by atoms with Gasteiger partial charge in [-0.1, -0.05) is 23.7 Å². The zero-order chi connectivity index (χ0) is 14.3. The molecule has 1 aromatic rings. The third-order valence-electron chi connectivity index (χ3n) is 3.54. The van der Waals surface area contributed by atoms with Crippen molar-refractivity contribution in [2.24, 2.45) is 0 Å². The van der Waals surface area contributed by atoms with Crippen molar-refractivity contribution in [3.8, 4) is 0 Å². The topological polar surface area (TPSA) is 66.4 Å². The fraction of sp³-hybridized carbons (Fsp3) is 0.429. The average molecular weight is 282 g/mol. The van der Waals surface area contributed by atoms with Crippen LogP contribution in [0.4, 0.5) is 0 Å². The van der Waals surface area contributed by atoms with Crippen molar-refractivity contribution >= 4 is 23.5 Å². The number of carboxylic acids is 1. The van der Waals surface area contributed by atoms with Crippen LogP contribution < -0.4 is 5.32 Å². The van der Waals surface area contributed by atoms with Crippen LogP contribution in [0.2, 0.25) is 5.02 Å². The van der Waals surface area contributed by atoms with Gasteiger partial charge in [-0.15, -0.1) is 0 Å². The maximum Gasteiger partial charge on any atom is 0.328 e. The fourth-order valence-corrected chi connectivity index (χ4v) is 2.12.